The van der Waals surface area contributed by atoms with Gasteiger partial charge in [0, 0.05) is 0 Å². The molecule has 0 saturated heterocycles. The summed E-state index contributed by atoms with van der Waals surface area (Å²) < 4.78 is 4.98. The lowest BCUT2D eigenvalue weighted by molar-refractivity contribution is 0.123. The Hall–Kier alpha value is 0.650. The lowest BCUT2D eigenvalue weighted by atomic mass is 10.1. The lowest BCUT2D eigenvalue weighted by Crippen LogP contribution is -2.38. The average Bonchev–Trinajstić information content (AvgIpc) is 1.87. The van der Waals surface area contributed by atoms with Crippen molar-refractivity contribution >= 4 is 23.0 Å². The molecule has 0 aliphatic heterocycles. The predicted molar refractivity (Wildman–Crippen MR) is 42.6 cm³/mol. The van der Waals surface area contributed by atoms with Crippen LogP contribution in [-0.4, -0.2) is 5.72 Å². The molecule has 0 fully saturated rings. The van der Waals surface area contributed by atoms with Gasteiger partial charge in [-0.15, -0.1) is 0 Å². The van der Waals surface area contributed by atoms with E-state index < -0.39 is 0 Å². The highest BCUT2D eigenvalue weighted by Crippen LogP contribution is 2.15. The van der Waals surface area contributed by atoms with E-state index in [-0.39, 0.29) is 5.72 Å². The zero-order valence-corrected chi connectivity index (χ0v) is 7.44. The highest BCUT2D eigenvalue weighted by Gasteiger charge is 2.18. The summed E-state index contributed by atoms with van der Waals surface area (Å²) in [6.45, 7) is 4.03. The van der Waals surface area contributed by atoms with E-state index in [1.807, 2.05) is 36.9 Å². The number of hydrogen-bond donors (Lipinski definition) is 1. The van der Waals surface area contributed by atoms with Gasteiger partial charge in [0.1, 0.15) is 28.7 Å². The van der Waals surface area contributed by atoms with Crippen molar-refractivity contribution in [1.29, 1.82) is 0 Å². The van der Waals surface area contributed by atoms with Crippen molar-refractivity contribution in [2.45, 2.75) is 32.4 Å². The highest BCUT2D eigenvalue weighted by atomic mass is 127. The van der Waals surface area contributed by atoms with Gasteiger partial charge in [-0.2, -0.15) is 0 Å². The van der Waals surface area contributed by atoms with Crippen LogP contribution in [0, 0.1) is 0 Å². The Morgan fingerprint density at radius 3 is 1.88 bits per heavy atom. The SMILES string of the molecule is CCC(N)(CC)OI. The van der Waals surface area contributed by atoms with E-state index in [1.165, 1.54) is 0 Å². The van der Waals surface area contributed by atoms with Gasteiger partial charge in [0.2, 0.25) is 0 Å². The van der Waals surface area contributed by atoms with E-state index in [1.54, 1.807) is 0 Å². The predicted octanol–water partition coefficient (Wildman–Crippen LogP) is 1.83. The molecular weight excluding hydrogens is 217 g/mol. The molecule has 0 spiro atoms. The van der Waals surface area contributed by atoms with E-state index >= 15 is 0 Å². The molecule has 0 aromatic rings. The summed E-state index contributed by atoms with van der Waals surface area (Å²) in [5.41, 5.74) is 5.28. The highest BCUT2D eigenvalue weighted by molar-refractivity contribution is 14.1. The van der Waals surface area contributed by atoms with E-state index in [0.29, 0.717) is 0 Å². The Morgan fingerprint density at radius 2 is 1.88 bits per heavy atom. The van der Waals surface area contributed by atoms with Crippen molar-refractivity contribution in [3.05, 3.63) is 0 Å². The zero-order valence-electron chi connectivity index (χ0n) is 5.28. The average molecular weight is 229 g/mol. The molecule has 0 atom stereocenters. The fourth-order valence-corrected chi connectivity index (χ4v) is 0.982. The van der Waals surface area contributed by atoms with Crippen LogP contribution in [-0.2, 0) is 3.07 Å². The third-order valence-electron chi connectivity index (χ3n) is 1.35. The van der Waals surface area contributed by atoms with Crippen LogP contribution in [0.25, 0.3) is 0 Å². The maximum absolute atomic E-state index is 5.67. The summed E-state index contributed by atoms with van der Waals surface area (Å²) >= 11 is 1.84. The molecule has 0 aliphatic carbocycles. The van der Waals surface area contributed by atoms with Crippen molar-refractivity contribution in [1.82, 2.24) is 0 Å². The first-order chi connectivity index (χ1) is 3.68. The topological polar surface area (TPSA) is 35.2 Å². The number of hydrogen-bond acceptors (Lipinski definition) is 2. The van der Waals surface area contributed by atoms with Crippen LogP contribution in [0.2, 0.25) is 0 Å². The quantitative estimate of drug-likeness (QED) is 0.591. The molecular formula is C5H12INO. The summed E-state index contributed by atoms with van der Waals surface area (Å²) in [4.78, 5) is 0. The van der Waals surface area contributed by atoms with Crippen molar-refractivity contribution in [2.24, 2.45) is 5.73 Å². The second kappa shape index (κ2) is 3.63. The Balaban J connectivity index is 3.58. The van der Waals surface area contributed by atoms with Crippen molar-refractivity contribution < 1.29 is 3.07 Å². The minimum absolute atomic E-state index is 0.388. The van der Waals surface area contributed by atoms with Crippen molar-refractivity contribution in [2.75, 3.05) is 0 Å². The van der Waals surface area contributed by atoms with Crippen LogP contribution in [0.3, 0.4) is 0 Å². The van der Waals surface area contributed by atoms with Crippen LogP contribution >= 0.6 is 23.0 Å². The largest absolute Gasteiger partial charge is 0.303 e. The van der Waals surface area contributed by atoms with E-state index in [9.17, 15) is 0 Å². The van der Waals surface area contributed by atoms with Gasteiger partial charge >= 0.3 is 0 Å². The van der Waals surface area contributed by atoms with Crippen LogP contribution < -0.4 is 5.73 Å². The van der Waals surface area contributed by atoms with Crippen LogP contribution in [0.1, 0.15) is 26.7 Å². The Kier molecular flexibility index (Phi) is 3.93. The van der Waals surface area contributed by atoms with Crippen LogP contribution in [0.5, 0.6) is 0 Å². The summed E-state index contributed by atoms with van der Waals surface area (Å²) in [6, 6.07) is 0. The molecule has 0 bridgehead atoms. The molecule has 50 valence electrons. The molecule has 2 N–H and O–H groups in total. The molecule has 0 amide bonds. The third kappa shape index (κ3) is 2.28. The molecule has 0 aliphatic rings. The third-order valence-corrected chi connectivity index (χ3v) is 2.23. The van der Waals surface area contributed by atoms with E-state index in [4.69, 9.17) is 8.80 Å². The molecule has 0 aromatic heterocycles. The Morgan fingerprint density at radius 1 is 1.50 bits per heavy atom. The summed E-state index contributed by atoms with van der Waals surface area (Å²) in [6.07, 6.45) is 1.74. The van der Waals surface area contributed by atoms with Crippen LogP contribution in [0.4, 0.5) is 0 Å². The van der Waals surface area contributed by atoms with Crippen LogP contribution in [0.15, 0.2) is 0 Å². The lowest BCUT2D eigenvalue weighted by Gasteiger charge is -2.21. The molecule has 8 heavy (non-hydrogen) atoms. The molecule has 0 heterocycles. The van der Waals surface area contributed by atoms with Gasteiger partial charge in [0.25, 0.3) is 0 Å². The van der Waals surface area contributed by atoms with E-state index in [2.05, 4.69) is 0 Å². The van der Waals surface area contributed by atoms with Crippen molar-refractivity contribution in [3.63, 3.8) is 0 Å². The minimum Gasteiger partial charge on any atom is -0.303 e. The first-order valence-corrected chi connectivity index (χ1v) is 3.65. The van der Waals surface area contributed by atoms with Gasteiger partial charge < -0.3 is 5.73 Å². The second-order valence-electron chi connectivity index (χ2n) is 1.85. The molecule has 3 heteroatoms. The van der Waals surface area contributed by atoms with Gasteiger partial charge in [-0.05, 0) is 12.8 Å². The molecule has 0 aromatic carbocycles. The smallest absolute Gasteiger partial charge is 0.128 e. The fraction of sp³-hybridized carbons (Fsp3) is 1.00. The number of nitrogens with two attached hydrogens (primary N) is 1. The molecule has 0 rings (SSSR count). The maximum atomic E-state index is 5.67. The van der Waals surface area contributed by atoms with Crippen molar-refractivity contribution in [3.8, 4) is 0 Å². The molecule has 2 nitrogen and oxygen atoms in total. The standard InChI is InChI=1S/C5H12INO/c1-3-5(7,4-2)8-6/h3-4,7H2,1-2H3. The Labute approximate surface area is 64.5 Å². The van der Waals surface area contributed by atoms with Gasteiger partial charge in [-0.1, -0.05) is 13.8 Å². The monoisotopic (exact) mass is 229 g/mol. The summed E-state index contributed by atoms with van der Waals surface area (Å²) in [7, 11) is 0. The first-order valence-electron chi connectivity index (χ1n) is 2.77. The van der Waals surface area contributed by atoms with Gasteiger partial charge in [-0.3, -0.25) is 3.07 Å². The number of halogens is 1. The zero-order chi connectivity index (χ0) is 6.62. The maximum Gasteiger partial charge on any atom is 0.128 e. The molecule has 0 saturated carbocycles. The molecule has 0 unspecified atom stereocenters. The normalized spacial score (nSPS) is 12.0. The molecule has 0 radical (unpaired) electrons. The minimum atomic E-state index is -0.388. The summed E-state index contributed by atoms with van der Waals surface area (Å²) in [5, 5.41) is 0. The van der Waals surface area contributed by atoms with Gasteiger partial charge in [-0.25, -0.2) is 0 Å². The first kappa shape index (κ1) is 8.65. The number of rotatable bonds is 3. The van der Waals surface area contributed by atoms with E-state index in [0.717, 1.165) is 12.8 Å². The van der Waals surface area contributed by atoms with Gasteiger partial charge in [0.15, 0.2) is 0 Å². The Bertz CT molecular complexity index is 55.2. The summed E-state index contributed by atoms with van der Waals surface area (Å²) in [5.74, 6) is 0. The van der Waals surface area contributed by atoms with Gasteiger partial charge in [0.05, 0.1) is 0 Å². The second-order valence-corrected chi connectivity index (χ2v) is 2.29. The fourth-order valence-electron chi connectivity index (χ4n) is 0.359.